The van der Waals surface area contributed by atoms with Crippen molar-refractivity contribution in [3.8, 4) is 0 Å². The monoisotopic (exact) mass is 647 g/mol. The van der Waals surface area contributed by atoms with Crippen molar-refractivity contribution in [3.63, 3.8) is 0 Å². The van der Waals surface area contributed by atoms with Crippen LogP contribution in [0.2, 0.25) is 5.02 Å². The average molecular weight is 648 g/mol. The largest absolute Gasteiger partial charge is 0.455 e. The number of carbonyl (C=O) groups is 4. The summed E-state index contributed by atoms with van der Waals surface area (Å²) in [5.41, 5.74) is -0.228. The van der Waals surface area contributed by atoms with Gasteiger partial charge in [0, 0.05) is 30.7 Å². The molecule has 3 amide bonds. The van der Waals surface area contributed by atoms with E-state index in [0.29, 0.717) is 22.7 Å². The fraction of sp³-hybridized carbons (Fsp3) is 0.429. The van der Waals surface area contributed by atoms with E-state index in [-0.39, 0.29) is 18.9 Å². The summed E-state index contributed by atoms with van der Waals surface area (Å²) in [4.78, 5) is 61.0. The summed E-state index contributed by atoms with van der Waals surface area (Å²) in [5, 5.41) is 10.7. The van der Waals surface area contributed by atoms with Crippen molar-refractivity contribution in [2.45, 2.75) is 62.6 Å². The molecule has 0 saturated carbocycles. The molecule has 0 aromatic heterocycles. The van der Waals surface area contributed by atoms with Gasteiger partial charge in [-0.1, -0.05) is 66.2 Å². The molecule has 0 radical (unpaired) electrons. The lowest BCUT2D eigenvalue weighted by Crippen LogP contribution is -2.57. The minimum absolute atomic E-state index is 0.0995. The maximum Gasteiger partial charge on any atom is 0.313 e. The summed E-state index contributed by atoms with van der Waals surface area (Å²) >= 11 is 6.12. The van der Waals surface area contributed by atoms with Crippen molar-refractivity contribution in [2.75, 3.05) is 25.1 Å². The summed E-state index contributed by atoms with van der Waals surface area (Å²) in [5.74, 6) is -3.83. The summed E-state index contributed by atoms with van der Waals surface area (Å²) in [7, 11) is 1.69. The lowest BCUT2D eigenvalue weighted by atomic mass is 9.77. The first-order valence-corrected chi connectivity index (χ1v) is 16.0. The standard InChI is InChI=1S/C35H38ClN3O7/c1-21(20-40)39-31-33(43)38(25-16-14-24(36)15-17-25)19-9-18-35(31)29(32(39)42)28-26(46-35)12-7-8-13-27(41)37(3)22(2)30(45-34(28)44)23-10-5-4-6-11-23/h4-7,9-12,14-18,21-22,26,28-31,40H,8,13,19-20H2,1-3H3/b12-7-/t21-,22+,26+,28-,29-,30-,31+,35-/m1/s1. The number of hydrogen-bond acceptors (Lipinski definition) is 7. The molecule has 0 unspecified atom stereocenters. The van der Waals surface area contributed by atoms with Gasteiger partial charge in [-0.3, -0.25) is 19.2 Å². The highest BCUT2D eigenvalue weighted by Gasteiger charge is 2.72. The van der Waals surface area contributed by atoms with Crippen molar-refractivity contribution in [1.82, 2.24) is 9.80 Å². The van der Waals surface area contributed by atoms with Gasteiger partial charge in [0.25, 0.3) is 5.91 Å². The number of halogens is 1. The second-order valence-electron chi connectivity index (χ2n) is 12.4. The molecule has 2 fully saturated rings. The predicted octanol–water partition coefficient (Wildman–Crippen LogP) is 3.69. The number of fused-ring (bicyclic) bond motifs is 2. The maximum absolute atomic E-state index is 14.5. The van der Waals surface area contributed by atoms with E-state index in [4.69, 9.17) is 21.1 Å². The van der Waals surface area contributed by atoms with Crippen molar-refractivity contribution < 1.29 is 33.8 Å². The molecule has 242 valence electrons. The van der Waals surface area contributed by atoms with Gasteiger partial charge in [0.1, 0.15) is 23.7 Å². The number of anilines is 1. The van der Waals surface area contributed by atoms with Crippen LogP contribution in [0, 0.1) is 11.8 Å². The quantitative estimate of drug-likeness (QED) is 0.398. The SMILES string of the molecule is C[C@H](CO)N1C(=O)[C@H]2[C@@H]3C(=O)O[C@@H](c4ccccc4)[C@H](C)N(C)C(=O)CC/C=C\[C@@H]3O[C@]23C=CCN(c2ccc(Cl)cc2)C(=O)[C@H]13. The van der Waals surface area contributed by atoms with Gasteiger partial charge in [-0.2, -0.15) is 0 Å². The summed E-state index contributed by atoms with van der Waals surface area (Å²) in [6, 6.07) is 13.6. The number of aliphatic hydroxyl groups excluding tert-OH is 1. The fourth-order valence-corrected chi connectivity index (χ4v) is 7.37. The first kappa shape index (κ1) is 32.0. The topological polar surface area (TPSA) is 117 Å². The molecule has 8 atom stereocenters. The van der Waals surface area contributed by atoms with Crippen molar-refractivity contribution in [1.29, 1.82) is 0 Å². The number of aliphatic hydroxyl groups is 1. The number of ether oxygens (including phenoxy) is 2. The molecule has 46 heavy (non-hydrogen) atoms. The molecule has 4 heterocycles. The minimum atomic E-state index is -1.52. The van der Waals surface area contributed by atoms with Crippen LogP contribution >= 0.6 is 11.6 Å². The number of rotatable bonds is 4. The summed E-state index contributed by atoms with van der Waals surface area (Å²) in [6.07, 6.45) is 5.91. The molecule has 10 nitrogen and oxygen atoms in total. The average Bonchev–Trinajstić information content (AvgIpc) is 3.46. The van der Waals surface area contributed by atoms with Gasteiger partial charge in [0.15, 0.2) is 0 Å². The van der Waals surface area contributed by atoms with E-state index in [1.165, 1.54) is 4.90 Å². The first-order valence-electron chi connectivity index (χ1n) is 15.6. The molecule has 2 aromatic rings. The number of allylic oxidation sites excluding steroid dienone is 1. The zero-order valence-electron chi connectivity index (χ0n) is 26.0. The van der Waals surface area contributed by atoms with E-state index in [1.807, 2.05) is 37.3 Å². The first-order chi connectivity index (χ1) is 22.1. The van der Waals surface area contributed by atoms with E-state index < -0.39 is 72.2 Å². The Morgan fingerprint density at radius 2 is 1.74 bits per heavy atom. The highest BCUT2D eigenvalue weighted by atomic mass is 35.5. The van der Waals surface area contributed by atoms with Crippen LogP contribution in [0.4, 0.5) is 5.69 Å². The number of cyclic esters (lactones) is 1. The second kappa shape index (κ2) is 12.7. The van der Waals surface area contributed by atoms with Gasteiger partial charge < -0.3 is 29.3 Å². The third-order valence-electron chi connectivity index (χ3n) is 9.75. The smallest absolute Gasteiger partial charge is 0.313 e. The fourth-order valence-electron chi connectivity index (χ4n) is 7.24. The normalized spacial score (nSPS) is 32.9. The highest BCUT2D eigenvalue weighted by molar-refractivity contribution is 6.30. The second-order valence-corrected chi connectivity index (χ2v) is 12.9. The molecular formula is C35H38ClN3O7. The molecule has 2 aromatic carbocycles. The van der Waals surface area contributed by atoms with Crippen molar-refractivity contribution in [2.24, 2.45) is 11.8 Å². The molecule has 4 aliphatic heterocycles. The van der Waals surface area contributed by atoms with Crippen LogP contribution in [0.15, 0.2) is 78.9 Å². The number of nitrogens with zero attached hydrogens (tertiary/aromatic N) is 3. The Labute approximate surface area is 273 Å². The number of carbonyl (C=O) groups excluding carboxylic acids is 4. The van der Waals surface area contributed by atoms with Crippen LogP contribution < -0.4 is 4.90 Å². The van der Waals surface area contributed by atoms with E-state index in [0.717, 1.165) is 0 Å². The van der Waals surface area contributed by atoms with Gasteiger partial charge in [-0.25, -0.2) is 0 Å². The Bertz CT molecular complexity index is 1560. The predicted molar refractivity (Wildman–Crippen MR) is 171 cm³/mol. The lowest BCUT2D eigenvalue weighted by Gasteiger charge is -2.37. The Morgan fingerprint density at radius 1 is 1.02 bits per heavy atom. The third kappa shape index (κ3) is 5.32. The zero-order valence-corrected chi connectivity index (χ0v) is 26.7. The minimum Gasteiger partial charge on any atom is -0.455 e. The van der Waals surface area contributed by atoms with Crippen molar-refractivity contribution in [3.05, 3.63) is 89.5 Å². The van der Waals surface area contributed by atoms with Crippen LogP contribution in [0.25, 0.3) is 0 Å². The Kier molecular flexibility index (Phi) is 8.80. The van der Waals surface area contributed by atoms with E-state index in [9.17, 15) is 24.3 Å². The van der Waals surface area contributed by atoms with Crippen LogP contribution in [0.1, 0.15) is 38.4 Å². The van der Waals surface area contributed by atoms with E-state index in [2.05, 4.69) is 0 Å². The number of amides is 3. The van der Waals surface area contributed by atoms with E-state index in [1.54, 1.807) is 72.3 Å². The number of likely N-dealkylation sites (N-methyl/N-ethyl adjacent to an activating group) is 1. The van der Waals surface area contributed by atoms with Gasteiger partial charge in [0.2, 0.25) is 11.8 Å². The molecule has 2 saturated heterocycles. The molecule has 0 bridgehead atoms. The molecular weight excluding hydrogens is 610 g/mol. The Morgan fingerprint density at radius 3 is 2.43 bits per heavy atom. The maximum atomic E-state index is 14.5. The Balaban J connectivity index is 1.45. The van der Waals surface area contributed by atoms with Crippen LogP contribution in [-0.4, -0.2) is 88.6 Å². The third-order valence-corrected chi connectivity index (χ3v) is 10.00. The molecule has 4 aliphatic rings. The van der Waals surface area contributed by atoms with Gasteiger partial charge in [-0.05, 0) is 50.1 Å². The molecule has 6 rings (SSSR count). The number of hydrogen-bond donors (Lipinski definition) is 1. The zero-order chi connectivity index (χ0) is 32.7. The molecule has 0 aliphatic carbocycles. The van der Waals surface area contributed by atoms with Gasteiger partial charge >= 0.3 is 5.97 Å². The summed E-state index contributed by atoms with van der Waals surface area (Å²) in [6.45, 7) is 3.29. The highest BCUT2D eigenvalue weighted by Crippen LogP contribution is 2.54. The van der Waals surface area contributed by atoms with Crippen molar-refractivity contribution >= 4 is 41.0 Å². The molecule has 1 N–H and O–H groups in total. The van der Waals surface area contributed by atoms with Crippen LogP contribution in [0.3, 0.4) is 0 Å². The molecule has 11 heteroatoms. The molecule has 1 spiro atoms. The summed E-state index contributed by atoms with van der Waals surface area (Å²) < 4.78 is 13.0. The lowest BCUT2D eigenvalue weighted by molar-refractivity contribution is -0.164. The number of esters is 1. The number of benzene rings is 2. The van der Waals surface area contributed by atoms with Gasteiger partial charge in [0.05, 0.1) is 30.7 Å². The van der Waals surface area contributed by atoms with Crippen LogP contribution in [0.5, 0.6) is 0 Å². The Hall–Kier alpha value is -3.99. The van der Waals surface area contributed by atoms with Crippen LogP contribution in [-0.2, 0) is 28.7 Å². The van der Waals surface area contributed by atoms with E-state index >= 15 is 0 Å². The van der Waals surface area contributed by atoms with Gasteiger partial charge in [-0.15, -0.1) is 0 Å². The number of likely N-dealkylation sites (tertiary alicyclic amines) is 1.